The van der Waals surface area contributed by atoms with Crippen molar-refractivity contribution in [1.29, 1.82) is 0 Å². The van der Waals surface area contributed by atoms with Gasteiger partial charge in [-0.15, -0.1) is 0 Å². The molecule has 1 fully saturated rings. The van der Waals surface area contributed by atoms with Gasteiger partial charge >= 0.3 is 6.18 Å². The van der Waals surface area contributed by atoms with E-state index in [0.717, 1.165) is 18.8 Å². The normalized spacial score (nSPS) is 19.2. The average Bonchev–Trinajstić information content (AvgIpc) is 3.07. The van der Waals surface area contributed by atoms with E-state index in [9.17, 15) is 18.0 Å². The molecule has 1 heterocycles. The van der Waals surface area contributed by atoms with Gasteiger partial charge in [0.2, 0.25) is 0 Å². The van der Waals surface area contributed by atoms with Crippen LogP contribution >= 0.6 is 23.2 Å². The quantitative estimate of drug-likeness (QED) is 0.458. The molecule has 0 bridgehead atoms. The lowest BCUT2D eigenvalue weighted by molar-refractivity contribution is -0.134. The minimum absolute atomic E-state index is 0.130. The fraction of sp³-hybridized carbons (Fsp3) is 0.565. The minimum atomic E-state index is -4.23. The van der Waals surface area contributed by atoms with Crippen LogP contribution in [-0.4, -0.2) is 28.4 Å². The van der Waals surface area contributed by atoms with Crippen molar-refractivity contribution in [3.63, 3.8) is 0 Å². The van der Waals surface area contributed by atoms with Crippen molar-refractivity contribution in [2.75, 3.05) is 6.54 Å². The van der Waals surface area contributed by atoms with Gasteiger partial charge in [0, 0.05) is 25.1 Å². The number of halogens is 5. The molecule has 3 rings (SSSR count). The zero-order chi connectivity index (χ0) is 23.5. The summed E-state index contributed by atoms with van der Waals surface area (Å²) >= 11 is 13.0. The summed E-state index contributed by atoms with van der Waals surface area (Å²) in [6.07, 6.45) is -0.757. The van der Waals surface area contributed by atoms with E-state index in [2.05, 4.69) is 17.3 Å². The maximum atomic E-state index is 12.8. The van der Waals surface area contributed by atoms with Gasteiger partial charge in [-0.05, 0) is 49.7 Å². The Morgan fingerprint density at radius 2 is 1.91 bits per heavy atom. The summed E-state index contributed by atoms with van der Waals surface area (Å²) in [5.74, 6) is 0.865. The van der Waals surface area contributed by atoms with Crippen LogP contribution in [0.2, 0.25) is 10.0 Å². The van der Waals surface area contributed by atoms with Gasteiger partial charge in [-0.25, -0.2) is 0 Å². The summed E-state index contributed by atoms with van der Waals surface area (Å²) in [5.41, 5.74) is 1.62. The Labute approximate surface area is 196 Å². The lowest BCUT2D eigenvalue weighted by Crippen LogP contribution is -2.31. The molecule has 1 N–H and O–H groups in total. The number of hydrogen-bond donors (Lipinski definition) is 1. The number of alkyl halides is 3. The second kappa shape index (κ2) is 10.5. The molecule has 1 aliphatic carbocycles. The smallest absolute Gasteiger partial charge is 0.350 e. The molecule has 2 aromatic rings. The van der Waals surface area contributed by atoms with E-state index < -0.39 is 12.6 Å². The predicted molar refractivity (Wildman–Crippen MR) is 121 cm³/mol. The van der Waals surface area contributed by atoms with Gasteiger partial charge in [0.1, 0.15) is 0 Å². The van der Waals surface area contributed by atoms with E-state index >= 15 is 0 Å². The van der Waals surface area contributed by atoms with Crippen LogP contribution in [0.25, 0.3) is 11.3 Å². The molecule has 1 aromatic carbocycles. The summed E-state index contributed by atoms with van der Waals surface area (Å²) < 4.78 is 39.1. The third-order valence-electron chi connectivity index (χ3n) is 6.08. The van der Waals surface area contributed by atoms with E-state index in [-0.39, 0.29) is 28.1 Å². The van der Waals surface area contributed by atoms with Crippen molar-refractivity contribution in [3.05, 3.63) is 39.5 Å². The Hall–Kier alpha value is -1.73. The first-order valence-electron chi connectivity index (χ1n) is 11.0. The molecule has 0 saturated heterocycles. The molecule has 1 aromatic heterocycles. The molecule has 0 aliphatic heterocycles. The Kier molecular flexibility index (Phi) is 8.15. The fourth-order valence-electron chi connectivity index (χ4n) is 4.12. The molecule has 9 heteroatoms. The molecule has 1 amide bonds. The molecule has 0 unspecified atom stereocenters. The van der Waals surface area contributed by atoms with E-state index in [0.29, 0.717) is 35.8 Å². The number of amides is 1. The van der Waals surface area contributed by atoms with Gasteiger partial charge in [0.05, 0.1) is 15.7 Å². The fourth-order valence-corrected chi connectivity index (χ4v) is 4.73. The standard InChI is InChI=1S/C23H28Cl2F3N3O/c1-3-31-21(17-9-8-15(12-18(17)24)10-11-23(26,27)28)19(25)20(30-31)22(32)29-13-16-6-4-14(2)5-7-16/h8-9,12,14,16H,3-7,10-11,13H2,1-2H3,(H,29,32). The van der Waals surface area contributed by atoms with Crippen LogP contribution in [-0.2, 0) is 13.0 Å². The zero-order valence-corrected chi connectivity index (χ0v) is 19.7. The molecule has 32 heavy (non-hydrogen) atoms. The number of nitrogens with one attached hydrogen (secondary N) is 1. The number of carbonyl (C=O) groups excluding carboxylic acids is 1. The maximum absolute atomic E-state index is 12.8. The molecular weight excluding hydrogens is 462 g/mol. The summed E-state index contributed by atoms with van der Waals surface area (Å²) in [6.45, 7) is 5.16. The van der Waals surface area contributed by atoms with E-state index in [1.54, 1.807) is 16.8 Å². The summed E-state index contributed by atoms with van der Waals surface area (Å²) in [7, 11) is 0. The number of aryl methyl sites for hydroxylation is 2. The third-order valence-corrected chi connectivity index (χ3v) is 6.75. The number of hydrogen-bond acceptors (Lipinski definition) is 2. The summed E-state index contributed by atoms with van der Waals surface area (Å²) in [6, 6.07) is 4.74. The molecule has 0 radical (unpaired) electrons. The van der Waals surface area contributed by atoms with Crippen LogP contribution in [0.5, 0.6) is 0 Å². The molecule has 4 nitrogen and oxygen atoms in total. The highest BCUT2D eigenvalue weighted by Crippen LogP contribution is 2.36. The Morgan fingerprint density at radius 1 is 1.22 bits per heavy atom. The zero-order valence-electron chi connectivity index (χ0n) is 18.2. The number of benzene rings is 1. The minimum Gasteiger partial charge on any atom is -0.350 e. The van der Waals surface area contributed by atoms with Crippen LogP contribution in [0.4, 0.5) is 13.2 Å². The summed E-state index contributed by atoms with van der Waals surface area (Å²) in [5, 5.41) is 7.79. The molecule has 0 atom stereocenters. The number of carbonyl (C=O) groups is 1. The SMILES string of the molecule is CCn1nc(C(=O)NCC2CCC(C)CC2)c(Cl)c1-c1ccc(CCC(F)(F)F)cc1Cl. The molecule has 1 saturated carbocycles. The molecule has 176 valence electrons. The molecular formula is C23H28Cl2F3N3O. The van der Waals surface area contributed by atoms with Crippen LogP contribution in [0.3, 0.4) is 0 Å². The highest BCUT2D eigenvalue weighted by Gasteiger charge is 2.27. The number of nitrogens with zero attached hydrogens (tertiary/aromatic N) is 2. The summed E-state index contributed by atoms with van der Waals surface area (Å²) in [4.78, 5) is 12.8. The van der Waals surface area contributed by atoms with Crippen molar-refractivity contribution >= 4 is 29.1 Å². The Bertz CT molecular complexity index is 951. The lowest BCUT2D eigenvalue weighted by atomic mass is 9.83. The maximum Gasteiger partial charge on any atom is 0.389 e. The lowest BCUT2D eigenvalue weighted by Gasteiger charge is -2.26. The average molecular weight is 490 g/mol. The van der Waals surface area contributed by atoms with Gasteiger partial charge in [-0.2, -0.15) is 18.3 Å². The van der Waals surface area contributed by atoms with Crippen molar-refractivity contribution in [3.8, 4) is 11.3 Å². The second-order valence-electron chi connectivity index (χ2n) is 8.59. The van der Waals surface area contributed by atoms with Gasteiger partial charge in [0.15, 0.2) is 5.69 Å². The highest BCUT2D eigenvalue weighted by atomic mass is 35.5. The van der Waals surface area contributed by atoms with Crippen molar-refractivity contribution in [2.24, 2.45) is 11.8 Å². The van der Waals surface area contributed by atoms with Crippen molar-refractivity contribution < 1.29 is 18.0 Å². The van der Waals surface area contributed by atoms with Gasteiger partial charge in [0.25, 0.3) is 5.91 Å². The first-order chi connectivity index (χ1) is 15.1. The van der Waals surface area contributed by atoms with Crippen LogP contribution in [0.15, 0.2) is 18.2 Å². The Morgan fingerprint density at radius 3 is 2.50 bits per heavy atom. The van der Waals surface area contributed by atoms with Crippen molar-refractivity contribution in [2.45, 2.75) is 65.1 Å². The van der Waals surface area contributed by atoms with Gasteiger partial charge < -0.3 is 5.32 Å². The van der Waals surface area contributed by atoms with E-state index in [1.165, 1.54) is 18.9 Å². The monoisotopic (exact) mass is 489 g/mol. The number of aromatic nitrogens is 2. The van der Waals surface area contributed by atoms with Gasteiger partial charge in [-0.1, -0.05) is 55.1 Å². The van der Waals surface area contributed by atoms with Crippen LogP contribution in [0.1, 0.15) is 62.0 Å². The number of rotatable bonds is 7. The van der Waals surface area contributed by atoms with Crippen LogP contribution < -0.4 is 5.32 Å². The first-order valence-corrected chi connectivity index (χ1v) is 11.7. The second-order valence-corrected chi connectivity index (χ2v) is 9.38. The largest absolute Gasteiger partial charge is 0.389 e. The van der Waals surface area contributed by atoms with E-state index in [4.69, 9.17) is 23.2 Å². The van der Waals surface area contributed by atoms with Gasteiger partial charge in [-0.3, -0.25) is 9.48 Å². The third kappa shape index (κ3) is 6.19. The first kappa shape index (κ1) is 24.9. The van der Waals surface area contributed by atoms with Crippen LogP contribution in [0, 0.1) is 11.8 Å². The van der Waals surface area contributed by atoms with Crippen molar-refractivity contribution in [1.82, 2.24) is 15.1 Å². The Balaban J connectivity index is 1.77. The highest BCUT2D eigenvalue weighted by molar-refractivity contribution is 6.38. The topological polar surface area (TPSA) is 46.9 Å². The predicted octanol–water partition coefficient (Wildman–Crippen LogP) is 6.93. The van der Waals surface area contributed by atoms with E-state index in [1.807, 2.05) is 6.92 Å². The molecule has 1 aliphatic rings. The molecule has 0 spiro atoms.